The summed E-state index contributed by atoms with van der Waals surface area (Å²) in [4.78, 5) is 78.5. The molecule has 218 valence electrons. The topological polar surface area (TPSA) is 173 Å². The Hall–Kier alpha value is -4.29. The summed E-state index contributed by atoms with van der Waals surface area (Å²) in [6, 6.07) is 1.91. The molecule has 40 heavy (non-hydrogen) atoms. The number of hydrogen-bond donors (Lipinski definition) is 4. The van der Waals surface area contributed by atoms with Crippen LogP contribution in [0.5, 0.6) is 0 Å². The summed E-state index contributed by atoms with van der Waals surface area (Å²) in [5.41, 5.74) is -0.384. The van der Waals surface area contributed by atoms with Crippen molar-refractivity contribution < 1.29 is 24.0 Å². The quantitative estimate of drug-likeness (QED) is 0.174. The summed E-state index contributed by atoms with van der Waals surface area (Å²) in [6.45, 7) is 4.41. The van der Waals surface area contributed by atoms with Crippen LogP contribution in [0.1, 0.15) is 62.9 Å². The number of rotatable bonds is 16. The Balaban J connectivity index is 2.11. The first-order chi connectivity index (χ1) is 19.1. The molecular formula is C27H39N7O6. The molecule has 0 aliphatic heterocycles. The number of nitrogens with zero attached hydrogens (tertiary/aromatic N) is 3. The lowest BCUT2D eigenvalue weighted by Crippen LogP contribution is -2.45. The fourth-order valence-corrected chi connectivity index (χ4v) is 3.99. The summed E-state index contributed by atoms with van der Waals surface area (Å²) < 4.78 is 2.70. The average Bonchev–Trinajstić information content (AvgIpc) is 3.38. The Morgan fingerprint density at radius 2 is 1.80 bits per heavy atom. The van der Waals surface area contributed by atoms with Gasteiger partial charge in [-0.15, -0.1) is 0 Å². The number of aromatic nitrogens is 3. The number of imidazole rings is 1. The summed E-state index contributed by atoms with van der Waals surface area (Å²) in [5.74, 6) is -2.40. The van der Waals surface area contributed by atoms with Crippen molar-refractivity contribution in [2.45, 2.75) is 65.0 Å². The number of anilines is 1. The summed E-state index contributed by atoms with van der Waals surface area (Å²) in [7, 11) is 3.00. The minimum atomic E-state index is -1.05. The summed E-state index contributed by atoms with van der Waals surface area (Å²) in [5, 5.41) is 10.3. The maximum atomic E-state index is 13.2. The van der Waals surface area contributed by atoms with Crippen LogP contribution in [-0.4, -0.2) is 63.2 Å². The minimum absolute atomic E-state index is 0.00753. The minimum Gasteiger partial charge on any atom is -0.354 e. The standard InChI is InChI=1S/C27H39N7O6/c1-5-18(6-2)14-30-23(36)16-34-13-9-11-20(27(34)40)32-24(37)19(10-7-8-12-22(35)26(39)28-3)31-25(38)21-15-29-17-33(21)4/h9,11,13,15,17-19H,5-8,10,12,14,16H2,1-4H3,(H,28,39)(H,30,36)(H,31,38)(H,32,37). The van der Waals surface area contributed by atoms with Gasteiger partial charge in [-0.05, 0) is 30.9 Å². The molecule has 0 aliphatic rings. The van der Waals surface area contributed by atoms with Crippen LogP contribution in [0.15, 0.2) is 35.6 Å². The number of ketones is 1. The van der Waals surface area contributed by atoms with Crippen molar-refractivity contribution in [3.63, 3.8) is 0 Å². The average molecular weight is 558 g/mol. The van der Waals surface area contributed by atoms with E-state index in [1.165, 1.54) is 41.0 Å². The molecule has 2 heterocycles. The molecule has 13 heteroatoms. The Bertz CT molecular complexity index is 1250. The molecule has 0 aliphatic carbocycles. The van der Waals surface area contributed by atoms with Gasteiger partial charge >= 0.3 is 0 Å². The molecule has 0 fully saturated rings. The molecule has 0 spiro atoms. The molecule has 2 rings (SSSR count). The smallest absolute Gasteiger partial charge is 0.287 e. The van der Waals surface area contributed by atoms with Crippen LogP contribution in [0.25, 0.3) is 0 Å². The van der Waals surface area contributed by atoms with Crippen LogP contribution in [0.2, 0.25) is 0 Å². The van der Waals surface area contributed by atoms with E-state index in [4.69, 9.17) is 0 Å². The number of carbonyl (C=O) groups excluding carboxylic acids is 5. The Morgan fingerprint density at radius 1 is 1.07 bits per heavy atom. The van der Waals surface area contributed by atoms with E-state index in [0.29, 0.717) is 25.3 Å². The van der Waals surface area contributed by atoms with Gasteiger partial charge in [0.2, 0.25) is 17.6 Å². The lowest BCUT2D eigenvalue weighted by Gasteiger charge is -2.19. The molecule has 0 saturated carbocycles. The van der Waals surface area contributed by atoms with E-state index in [-0.39, 0.29) is 36.7 Å². The monoisotopic (exact) mass is 557 g/mol. The molecule has 0 aromatic carbocycles. The van der Waals surface area contributed by atoms with Gasteiger partial charge < -0.3 is 30.4 Å². The SMILES string of the molecule is CCC(CC)CNC(=O)Cn1cccc(NC(=O)C(CCCCC(=O)C(=O)NC)NC(=O)c2cncn2C)c1=O. The normalized spacial score (nSPS) is 11.5. The van der Waals surface area contributed by atoms with Gasteiger partial charge in [-0.1, -0.05) is 33.1 Å². The van der Waals surface area contributed by atoms with Gasteiger partial charge in [0, 0.05) is 33.3 Å². The molecule has 0 bridgehead atoms. The van der Waals surface area contributed by atoms with E-state index in [9.17, 15) is 28.8 Å². The maximum Gasteiger partial charge on any atom is 0.287 e. The first-order valence-electron chi connectivity index (χ1n) is 13.4. The third-order valence-corrected chi connectivity index (χ3v) is 6.63. The van der Waals surface area contributed by atoms with Gasteiger partial charge in [0.25, 0.3) is 17.4 Å². The van der Waals surface area contributed by atoms with Crippen molar-refractivity contribution in [3.05, 3.63) is 46.9 Å². The predicted molar refractivity (Wildman–Crippen MR) is 148 cm³/mol. The van der Waals surface area contributed by atoms with Gasteiger partial charge in [-0.3, -0.25) is 28.8 Å². The number of aryl methyl sites for hydroxylation is 1. The number of hydrogen-bond acceptors (Lipinski definition) is 7. The lowest BCUT2D eigenvalue weighted by molar-refractivity contribution is -0.137. The highest BCUT2D eigenvalue weighted by molar-refractivity contribution is 6.36. The van der Waals surface area contributed by atoms with Crippen LogP contribution in [0.4, 0.5) is 5.69 Å². The Labute approximate surface area is 233 Å². The zero-order valence-corrected chi connectivity index (χ0v) is 23.5. The molecule has 1 unspecified atom stereocenters. The molecule has 0 radical (unpaired) electrons. The lowest BCUT2D eigenvalue weighted by atomic mass is 10.0. The Kier molecular flexibility index (Phi) is 12.7. The molecular weight excluding hydrogens is 518 g/mol. The predicted octanol–water partition coefficient (Wildman–Crippen LogP) is 0.747. The number of carbonyl (C=O) groups is 5. The van der Waals surface area contributed by atoms with E-state index in [2.05, 4.69) is 26.3 Å². The fourth-order valence-electron chi connectivity index (χ4n) is 3.99. The van der Waals surface area contributed by atoms with Gasteiger partial charge in [0.1, 0.15) is 24.0 Å². The van der Waals surface area contributed by atoms with Crippen molar-refractivity contribution >= 4 is 35.1 Å². The van der Waals surface area contributed by atoms with Crippen molar-refractivity contribution in [2.75, 3.05) is 18.9 Å². The van der Waals surface area contributed by atoms with Gasteiger partial charge in [-0.25, -0.2) is 4.98 Å². The third kappa shape index (κ3) is 9.47. The number of pyridine rings is 1. The second-order valence-electron chi connectivity index (χ2n) is 9.49. The van der Waals surface area contributed by atoms with Crippen molar-refractivity contribution in [1.82, 2.24) is 30.1 Å². The third-order valence-electron chi connectivity index (χ3n) is 6.63. The molecule has 2 aromatic rings. The Morgan fingerprint density at radius 3 is 2.42 bits per heavy atom. The highest BCUT2D eigenvalue weighted by Gasteiger charge is 2.24. The first kappa shape index (κ1) is 31.9. The first-order valence-corrected chi connectivity index (χ1v) is 13.4. The van der Waals surface area contributed by atoms with Crippen molar-refractivity contribution in [2.24, 2.45) is 13.0 Å². The molecule has 4 N–H and O–H groups in total. The molecule has 1 atom stereocenters. The van der Waals surface area contributed by atoms with Crippen molar-refractivity contribution in [3.8, 4) is 0 Å². The fraction of sp³-hybridized carbons (Fsp3) is 0.519. The highest BCUT2D eigenvalue weighted by Crippen LogP contribution is 2.10. The van der Waals surface area contributed by atoms with Crippen molar-refractivity contribution in [1.29, 1.82) is 0 Å². The summed E-state index contributed by atoms with van der Waals surface area (Å²) in [6.07, 6.45) is 6.94. The van der Waals surface area contributed by atoms with Crippen LogP contribution >= 0.6 is 0 Å². The number of Topliss-reactive ketones (excluding diaryl/α,β-unsaturated/α-hetero) is 1. The number of likely N-dealkylation sites (N-methyl/N-ethyl adjacent to an activating group) is 1. The zero-order valence-electron chi connectivity index (χ0n) is 23.5. The molecule has 2 aromatic heterocycles. The molecule has 4 amide bonds. The van der Waals surface area contributed by atoms with E-state index < -0.39 is 35.1 Å². The van der Waals surface area contributed by atoms with Gasteiger partial charge in [0.15, 0.2) is 0 Å². The molecule has 0 saturated heterocycles. The number of nitrogens with one attached hydrogen (secondary N) is 4. The second kappa shape index (κ2) is 16.0. The zero-order chi connectivity index (χ0) is 29.7. The molecule has 13 nitrogen and oxygen atoms in total. The largest absolute Gasteiger partial charge is 0.354 e. The van der Waals surface area contributed by atoms with Crippen LogP contribution in [0, 0.1) is 5.92 Å². The number of amides is 4. The number of unbranched alkanes of at least 4 members (excludes halogenated alkanes) is 1. The van der Waals surface area contributed by atoms with Crippen LogP contribution < -0.4 is 26.8 Å². The van der Waals surface area contributed by atoms with E-state index in [1.54, 1.807) is 13.1 Å². The highest BCUT2D eigenvalue weighted by atomic mass is 16.2. The van der Waals surface area contributed by atoms with Gasteiger partial charge in [0.05, 0.1) is 12.5 Å². The summed E-state index contributed by atoms with van der Waals surface area (Å²) >= 11 is 0. The maximum absolute atomic E-state index is 13.2. The second-order valence-corrected chi connectivity index (χ2v) is 9.49. The van der Waals surface area contributed by atoms with E-state index in [1.807, 2.05) is 13.8 Å². The van der Waals surface area contributed by atoms with E-state index in [0.717, 1.165) is 12.8 Å². The van der Waals surface area contributed by atoms with E-state index >= 15 is 0 Å². The van der Waals surface area contributed by atoms with Gasteiger partial charge in [-0.2, -0.15) is 0 Å². The van der Waals surface area contributed by atoms with Crippen LogP contribution in [0.3, 0.4) is 0 Å². The van der Waals surface area contributed by atoms with Crippen LogP contribution in [-0.2, 0) is 32.8 Å².